The minimum atomic E-state index is -0.0288. The van der Waals surface area contributed by atoms with Gasteiger partial charge in [-0.2, -0.15) is 0 Å². The largest absolute Gasteiger partial charge is 0.347 e. The van der Waals surface area contributed by atoms with Crippen molar-refractivity contribution in [3.05, 3.63) is 45.4 Å². The van der Waals surface area contributed by atoms with Crippen molar-refractivity contribution in [2.45, 2.75) is 38.1 Å². The second-order valence-electron chi connectivity index (χ2n) is 5.10. The van der Waals surface area contributed by atoms with Gasteiger partial charge in [0, 0.05) is 15.7 Å². The topological polar surface area (TPSA) is 42.0 Å². The summed E-state index contributed by atoms with van der Waals surface area (Å²) < 4.78 is 0. The van der Waals surface area contributed by atoms with Gasteiger partial charge in [-0.05, 0) is 25.3 Å². The third-order valence-corrected chi connectivity index (χ3v) is 5.42. The number of nitrogens with zero attached hydrogens (tertiary/aromatic N) is 1. The van der Waals surface area contributed by atoms with E-state index in [9.17, 15) is 4.79 Å². The maximum Gasteiger partial charge on any atom is 0.252 e. The summed E-state index contributed by atoms with van der Waals surface area (Å²) in [4.78, 5) is 19.0. The van der Waals surface area contributed by atoms with Crippen LogP contribution >= 0.6 is 23.1 Å². The molecule has 0 unspecified atom stereocenters. The molecule has 0 saturated carbocycles. The standard InChI is InChI=1S/C16H20N2OS2/c1-10(2)16-18-11(3)14(21-16)9-17-15(19)12-7-5-6-8-13(12)20-4/h5-8,10H,9H2,1-4H3,(H,17,19). The Balaban J connectivity index is 2.07. The molecular weight excluding hydrogens is 300 g/mol. The number of aromatic nitrogens is 1. The van der Waals surface area contributed by atoms with Crippen LogP contribution in [0, 0.1) is 6.92 Å². The molecule has 1 aromatic carbocycles. The lowest BCUT2D eigenvalue weighted by Crippen LogP contribution is -2.23. The number of hydrogen-bond acceptors (Lipinski definition) is 4. The van der Waals surface area contributed by atoms with Crippen molar-refractivity contribution in [2.75, 3.05) is 6.26 Å². The Bertz CT molecular complexity index is 635. The van der Waals surface area contributed by atoms with Crippen molar-refractivity contribution in [3.63, 3.8) is 0 Å². The van der Waals surface area contributed by atoms with E-state index in [1.165, 1.54) is 0 Å². The average Bonchev–Trinajstić information content (AvgIpc) is 2.86. The molecule has 21 heavy (non-hydrogen) atoms. The molecule has 0 fully saturated rings. The molecule has 2 rings (SSSR count). The van der Waals surface area contributed by atoms with Gasteiger partial charge < -0.3 is 5.32 Å². The molecule has 0 aliphatic rings. The molecule has 0 aliphatic heterocycles. The van der Waals surface area contributed by atoms with Crippen molar-refractivity contribution < 1.29 is 4.79 Å². The second-order valence-corrected chi connectivity index (χ2v) is 7.06. The van der Waals surface area contributed by atoms with Crippen LogP contribution in [-0.4, -0.2) is 17.1 Å². The first kappa shape index (κ1) is 16.0. The van der Waals surface area contributed by atoms with Crippen LogP contribution < -0.4 is 5.32 Å². The molecule has 1 heterocycles. The highest BCUT2D eigenvalue weighted by molar-refractivity contribution is 7.98. The molecule has 1 amide bonds. The van der Waals surface area contributed by atoms with E-state index in [1.54, 1.807) is 23.1 Å². The fraction of sp³-hybridized carbons (Fsp3) is 0.375. The molecule has 112 valence electrons. The summed E-state index contributed by atoms with van der Waals surface area (Å²) in [5.74, 6) is 0.397. The van der Waals surface area contributed by atoms with Gasteiger partial charge in [0.25, 0.3) is 5.91 Å². The molecule has 1 aromatic heterocycles. The van der Waals surface area contributed by atoms with E-state index in [-0.39, 0.29) is 5.91 Å². The van der Waals surface area contributed by atoms with Gasteiger partial charge in [0.1, 0.15) is 0 Å². The van der Waals surface area contributed by atoms with Gasteiger partial charge in [-0.1, -0.05) is 26.0 Å². The number of hydrogen-bond donors (Lipinski definition) is 1. The molecular formula is C16H20N2OS2. The van der Waals surface area contributed by atoms with Crippen LogP contribution in [-0.2, 0) is 6.54 Å². The van der Waals surface area contributed by atoms with Crippen LogP contribution in [0.25, 0.3) is 0 Å². The SMILES string of the molecule is CSc1ccccc1C(=O)NCc1sc(C(C)C)nc1C. The first-order chi connectivity index (χ1) is 10.0. The lowest BCUT2D eigenvalue weighted by atomic mass is 10.2. The Morgan fingerprint density at radius 3 is 2.71 bits per heavy atom. The molecule has 0 radical (unpaired) electrons. The minimum absolute atomic E-state index is 0.0288. The Kier molecular flexibility index (Phi) is 5.42. The number of amides is 1. The molecule has 1 N–H and O–H groups in total. The summed E-state index contributed by atoms with van der Waals surface area (Å²) in [5, 5.41) is 4.13. The fourth-order valence-electron chi connectivity index (χ4n) is 1.95. The summed E-state index contributed by atoms with van der Waals surface area (Å²) in [6, 6.07) is 7.67. The summed E-state index contributed by atoms with van der Waals surface area (Å²) in [7, 11) is 0. The molecule has 0 saturated heterocycles. The lowest BCUT2D eigenvalue weighted by molar-refractivity contribution is 0.0948. The number of thiazole rings is 1. The van der Waals surface area contributed by atoms with Crippen LogP contribution in [0.3, 0.4) is 0 Å². The zero-order chi connectivity index (χ0) is 15.4. The average molecular weight is 320 g/mol. The predicted octanol–water partition coefficient (Wildman–Crippen LogP) is 4.23. The van der Waals surface area contributed by atoms with E-state index in [2.05, 4.69) is 24.1 Å². The number of benzene rings is 1. The predicted molar refractivity (Wildman–Crippen MR) is 90.3 cm³/mol. The molecule has 2 aromatic rings. The van der Waals surface area contributed by atoms with Gasteiger partial charge in [0.2, 0.25) is 0 Å². The van der Waals surface area contributed by atoms with Crippen molar-refractivity contribution in [1.29, 1.82) is 0 Å². The van der Waals surface area contributed by atoms with Crippen molar-refractivity contribution in [3.8, 4) is 0 Å². The molecule has 0 spiro atoms. The van der Waals surface area contributed by atoms with E-state index in [4.69, 9.17) is 0 Å². The fourth-order valence-corrected chi connectivity index (χ4v) is 3.55. The highest BCUT2D eigenvalue weighted by Crippen LogP contribution is 2.25. The van der Waals surface area contributed by atoms with E-state index >= 15 is 0 Å². The van der Waals surface area contributed by atoms with Crippen LogP contribution in [0.1, 0.15) is 45.7 Å². The number of carbonyl (C=O) groups excluding carboxylic acids is 1. The summed E-state index contributed by atoms with van der Waals surface area (Å²) in [6.07, 6.45) is 1.98. The summed E-state index contributed by atoms with van der Waals surface area (Å²) in [5.41, 5.74) is 1.75. The third kappa shape index (κ3) is 3.86. The smallest absolute Gasteiger partial charge is 0.252 e. The van der Waals surface area contributed by atoms with Crippen molar-refractivity contribution in [2.24, 2.45) is 0 Å². The molecule has 0 aliphatic carbocycles. The van der Waals surface area contributed by atoms with E-state index in [1.807, 2.05) is 37.4 Å². The Morgan fingerprint density at radius 1 is 1.38 bits per heavy atom. The summed E-state index contributed by atoms with van der Waals surface area (Å²) in [6.45, 7) is 6.81. The highest BCUT2D eigenvalue weighted by Gasteiger charge is 2.13. The maximum atomic E-state index is 12.3. The highest BCUT2D eigenvalue weighted by atomic mass is 32.2. The third-order valence-electron chi connectivity index (χ3n) is 3.16. The van der Waals surface area contributed by atoms with Crippen LogP contribution in [0.4, 0.5) is 0 Å². The molecule has 3 nitrogen and oxygen atoms in total. The quantitative estimate of drug-likeness (QED) is 0.838. The number of thioether (sulfide) groups is 1. The van der Waals surface area contributed by atoms with Crippen LogP contribution in [0.5, 0.6) is 0 Å². The first-order valence-electron chi connectivity index (χ1n) is 6.90. The van der Waals surface area contributed by atoms with Gasteiger partial charge >= 0.3 is 0 Å². The van der Waals surface area contributed by atoms with Crippen LogP contribution in [0.15, 0.2) is 29.2 Å². The Labute approximate surface area is 134 Å². The van der Waals surface area contributed by atoms with Crippen LogP contribution in [0.2, 0.25) is 0 Å². The maximum absolute atomic E-state index is 12.3. The van der Waals surface area contributed by atoms with Gasteiger partial charge in [0.05, 0.1) is 22.8 Å². The number of nitrogens with one attached hydrogen (secondary N) is 1. The Morgan fingerprint density at radius 2 is 2.10 bits per heavy atom. The number of rotatable bonds is 5. The number of carbonyl (C=O) groups is 1. The van der Waals surface area contributed by atoms with E-state index < -0.39 is 0 Å². The minimum Gasteiger partial charge on any atom is -0.347 e. The van der Waals surface area contributed by atoms with E-state index in [0.29, 0.717) is 12.5 Å². The molecule has 0 bridgehead atoms. The van der Waals surface area contributed by atoms with E-state index in [0.717, 1.165) is 26.0 Å². The normalized spacial score (nSPS) is 10.9. The van der Waals surface area contributed by atoms with Gasteiger partial charge in [-0.15, -0.1) is 23.1 Å². The molecule has 0 atom stereocenters. The second kappa shape index (κ2) is 7.09. The summed E-state index contributed by atoms with van der Waals surface area (Å²) >= 11 is 3.27. The monoisotopic (exact) mass is 320 g/mol. The molecule has 5 heteroatoms. The zero-order valence-electron chi connectivity index (χ0n) is 12.8. The van der Waals surface area contributed by atoms with Crippen molar-refractivity contribution >= 4 is 29.0 Å². The van der Waals surface area contributed by atoms with Crippen molar-refractivity contribution in [1.82, 2.24) is 10.3 Å². The lowest BCUT2D eigenvalue weighted by Gasteiger charge is -2.07. The Hall–Kier alpha value is -1.33. The van der Waals surface area contributed by atoms with Gasteiger partial charge in [-0.25, -0.2) is 4.98 Å². The van der Waals surface area contributed by atoms with Gasteiger partial charge in [-0.3, -0.25) is 4.79 Å². The number of aryl methyl sites for hydroxylation is 1. The zero-order valence-corrected chi connectivity index (χ0v) is 14.4. The van der Waals surface area contributed by atoms with Gasteiger partial charge in [0.15, 0.2) is 0 Å². The first-order valence-corrected chi connectivity index (χ1v) is 8.94.